The number of nitrogens with zero attached hydrogens (tertiary/aromatic N) is 1. The molecule has 130 valence electrons. The molecular formula is C16H17F3N2O2S. The molecule has 0 unspecified atom stereocenters. The van der Waals surface area contributed by atoms with Gasteiger partial charge in [-0.05, 0) is 34.5 Å². The smallest absolute Gasteiger partial charge is 0.383 e. The zero-order valence-corrected chi connectivity index (χ0v) is 13.8. The monoisotopic (exact) mass is 358 g/mol. The van der Waals surface area contributed by atoms with Gasteiger partial charge in [0, 0.05) is 20.2 Å². The number of carbonyl (C=O) groups excluding carboxylic acids is 1. The first-order valence-corrected chi connectivity index (χ1v) is 8.08. The number of ether oxygens (including phenoxy) is 1. The molecule has 0 spiro atoms. The van der Waals surface area contributed by atoms with E-state index in [2.05, 4.69) is 5.32 Å². The van der Waals surface area contributed by atoms with E-state index in [0.29, 0.717) is 13.2 Å². The number of nitrogens with one attached hydrogen (secondary N) is 1. The molecule has 2 amide bonds. The van der Waals surface area contributed by atoms with Gasteiger partial charge in [0.05, 0.1) is 17.9 Å². The van der Waals surface area contributed by atoms with E-state index in [1.807, 2.05) is 16.8 Å². The van der Waals surface area contributed by atoms with Crippen molar-refractivity contribution in [1.82, 2.24) is 4.90 Å². The first-order valence-electron chi connectivity index (χ1n) is 7.14. The van der Waals surface area contributed by atoms with Gasteiger partial charge in [-0.25, -0.2) is 4.79 Å². The maximum Gasteiger partial charge on any atom is 0.418 e. The van der Waals surface area contributed by atoms with Crippen LogP contribution in [0, 0.1) is 0 Å². The summed E-state index contributed by atoms with van der Waals surface area (Å²) in [5.74, 6) is 0. The molecular weight excluding hydrogens is 341 g/mol. The summed E-state index contributed by atoms with van der Waals surface area (Å²) in [6, 6.07) is 6.17. The van der Waals surface area contributed by atoms with Crippen LogP contribution >= 0.6 is 11.3 Å². The van der Waals surface area contributed by atoms with Gasteiger partial charge >= 0.3 is 12.2 Å². The molecule has 2 rings (SSSR count). The number of hydrogen-bond donors (Lipinski definition) is 1. The number of rotatable bonds is 6. The van der Waals surface area contributed by atoms with Crippen LogP contribution < -0.4 is 5.32 Å². The predicted octanol–water partition coefficient (Wildman–Crippen LogP) is 4.45. The molecule has 4 nitrogen and oxygen atoms in total. The second kappa shape index (κ2) is 8.16. The highest BCUT2D eigenvalue weighted by Gasteiger charge is 2.33. The summed E-state index contributed by atoms with van der Waals surface area (Å²) in [6.07, 6.45) is -4.53. The van der Waals surface area contributed by atoms with Crippen LogP contribution in [0.4, 0.5) is 23.7 Å². The molecule has 0 aliphatic carbocycles. The number of para-hydroxylation sites is 1. The number of methoxy groups -OCH3 is 1. The molecule has 0 aliphatic rings. The first kappa shape index (κ1) is 18.3. The molecule has 0 saturated heterocycles. The van der Waals surface area contributed by atoms with Crippen LogP contribution in [-0.2, 0) is 17.5 Å². The fourth-order valence-electron chi connectivity index (χ4n) is 2.09. The van der Waals surface area contributed by atoms with Crippen molar-refractivity contribution in [3.8, 4) is 0 Å². The highest BCUT2D eigenvalue weighted by molar-refractivity contribution is 7.07. The van der Waals surface area contributed by atoms with Gasteiger partial charge in [-0.15, -0.1) is 0 Å². The van der Waals surface area contributed by atoms with Crippen LogP contribution in [-0.4, -0.2) is 31.2 Å². The molecule has 2 aromatic rings. The Bertz CT molecular complexity index is 660. The van der Waals surface area contributed by atoms with Crippen LogP contribution in [0.25, 0.3) is 0 Å². The second-order valence-electron chi connectivity index (χ2n) is 5.02. The van der Waals surface area contributed by atoms with Crippen LogP contribution in [0.15, 0.2) is 41.1 Å². The van der Waals surface area contributed by atoms with E-state index in [0.717, 1.165) is 11.6 Å². The molecule has 1 heterocycles. The predicted molar refractivity (Wildman–Crippen MR) is 87.1 cm³/mol. The normalized spacial score (nSPS) is 11.3. The Kier molecular flexibility index (Phi) is 6.22. The molecule has 8 heteroatoms. The second-order valence-corrected chi connectivity index (χ2v) is 5.80. The number of benzene rings is 1. The van der Waals surface area contributed by atoms with Crippen LogP contribution in [0.1, 0.15) is 11.1 Å². The Labute approximate surface area is 141 Å². The van der Waals surface area contributed by atoms with Crippen molar-refractivity contribution in [3.05, 3.63) is 52.2 Å². The number of urea groups is 1. The fraction of sp³-hybridized carbons (Fsp3) is 0.312. The van der Waals surface area contributed by atoms with E-state index in [1.54, 1.807) is 0 Å². The van der Waals surface area contributed by atoms with Gasteiger partial charge in [0.25, 0.3) is 0 Å². The van der Waals surface area contributed by atoms with E-state index < -0.39 is 17.8 Å². The highest BCUT2D eigenvalue weighted by Crippen LogP contribution is 2.34. The van der Waals surface area contributed by atoms with Gasteiger partial charge in [0.15, 0.2) is 0 Å². The Morgan fingerprint density at radius 1 is 1.29 bits per heavy atom. The Morgan fingerprint density at radius 3 is 2.67 bits per heavy atom. The number of alkyl halides is 3. The highest BCUT2D eigenvalue weighted by atomic mass is 32.1. The van der Waals surface area contributed by atoms with Crippen molar-refractivity contribution < 1.29 is 22.7 Å². The molecule has 0 atom stereocenters. The molecule has 0 fully saturated rings. The average Bonchev–Trinajstić information content (AvgIpc) is 3.04. The maximum atomic E-state index is 13.0. The average molecular weight is 358 g/mol. The van der Waals surface area contributed by atoms with E-state index >= 15 is 0 Å². The number of hydrogen-bond acceptors (Lipinski definition) is 3. The van der Waals surface area contributed by atoms with Gasteiger partial charge in [0.2, 0.25) is 0 Å². The van der Waals surface area contributed by atoms with Crippen molar-refractivity contribution >= 4 is 23.1 Å². The lowest BCUT2D eigenvalue weighted by molar-refractivity contribution is -0.136. The van der Waals surface area contributed by atoms with Gasteiger partial charge in [0.1, 0.15) is 0 Å². The number of carbonyl (C=O) groups is 1. The lowest BCUT2D eigenvalue weighted by atomic mass is 10.1. The largest absolute Gasteiger partial charge is 0.418 e. The Morgan fingerprint density at radius 2 is 2.04 bits per heavy atom. The van der Waals surface area contributed by atoms with Gasteiger partial charge in [-0.2, -0.15) is 24.5 Å². The summed E-state index contributed by atoms with van der Waals surface area (Å²) >= 11 is 1.49. The van der Waals surface area contributed by atoms with Crippen molar-refractivity contribution in [1.29, 1.82) is 0 Å². The minimum absolute atomic E-state index is 0.261. The number of thiophene rings is 1. The van der Waals surface area contributed by atoms with Gasteiger partial charge < -0.3 is 15.0 Å². The topological polar surface area (TPSA) is 41.6 Å². The van der Waals surface area contributed by atoms with Crippen molar-refractivity contribution in [2.75, 3.05) is 25.6 Å². The molecule has 0 bridgehead atoms. The molecule has 0 saturated carbocycles. The third kappa shape index (κ3) is 4.97. The molecule has 0 radical (unpaired) electrons. The third-order valence-corrected chi connectivity index (χ3v) is 4.01. The minimum atomic E-state index is -4.53. The molecule has 1 aromatic heterocycles. The number of amides is 2. The summed E-state index contributed by atoms with van der Waals surface area (Å²) in [4.78, 5) is 13.8. The lowest BCUT2D eigenvalue weighted by Gasteiger charge is -2.23. The van der Waals surface area contributed by atoms with E-state index in [1.165, 1.54) is 41.5 Å². The SMILES string of the molecule is COCCN(Cc1ccsc1)C(=O)Nc1ccccc1C(F)(F)F. The molecule has 1 aromatic carbocycles. The van der Waals surface area contributed by atoms with Crippen LogP contribution in [0.2, 0.25) is 0 Å². The summed E-state index contributed by atoms with van der Waals surface area (Å²) in [5, 5.41) is 6.11. The van der Waals surface area contributed by atoms with Gasteiger partial charge in [-0.1, -0.05) is 12.1 Å². The lowest BCUT2D eigenvalue weighted by Crippen LogP contribution is -2.37. The summed E-state index contributed by atoms with van der Waals surface area (Å²) in [7, 11) is 1.50. The molecule has 24 heavy (non-hydrogen) atoms. The maximum absolute atomic E-state index is 13.0. The third-order valence-electron chi connectivity index (χ3n) is 3.28. The van der Waals surface area contributed by atoms with Crippen LogP contribution in [0.5, 0.6) is 0 Å². The zero-order chi connectivity index (χ0) is 17.6. The minimum Gasteiger partial charge on any atom is -0.383 e. The van der Waals surface area contributed by atoms with E-state index in [-0.39, 0.29) is 12.2 Å². The van der Waals surface area contributed by atoms with Crippen molar-refractivity contribution in [2.24, 2.45) is 0 Å². The van der Waals surface area contributed by atoms with Crippen LogP contribution in [0.3, 0.4) is 0 Å². The standard InChI is InChI=1S/C16H17F3N2O2S/c1-23-8-7-21(10-12-6-9-24-11-12)15(22)20-14-5-3-2-4-13(14)16(17,18)19/h2-6,9,11H,7-8,10H2,1H3,(H,20,22). The molecule has 1 N–H and O–H groups in total. The Hall–Kier alpha value is -2.06. The zero-order valence-electron chi connectivity index (χ0n) is 13.0. The first-order chi connectivity index (χ1) is 11.4. The summed E-state index contributed by atoms with van der Waals surface area (Å²) < 4.78 is 44.0. The van der Waals surface area contributed by atoms with Crippen molar-refractivity contribution in [3.63, 3.8) is 0 Å². The number of anilines is 1. The fourth-order valence-corrected chi connectivity index (χ4v) is 2.75. The summed E-state index contributed by atoms with van der Waals surface area (Å²) in [6.45, 7) is 0.859. The number of halogens is 3. The Balaban J connectivity index is 2.15. The quantitative estimate of drug-likeness (QED) is 0.829. The van der Waals surface area contributed by atoms with E-state index in [9.17, 15) is 18.0 Å². The van der Waals surface area contributed by atoms with Crippen molar-refractivity contribution in [2.45, 2.75) is 12.7 Å². The summed E-state index contributed by atoms with van der Waals surface area (Å²) in [5.41, 5.74) is -0.223. The van der Waals surface area contributed by atoms with Gasteiger partial charge in [-0.3, -0.25) is 0 Å². The van der Waals surface area contributed by atoms with E-state index in [4.69, 9.17) is 4.74 Å². The molecule has 0 aliphatic heterocycles.